The van der Waals surface area contributed by atoms with Gasteiger partial charge in [0.25, 0.3) is 0 Å². The number of nitrogens with zero attached hydrogens (tertiary/aromatic N) is 2. The van der Waals surface area contributed by atoms with Gasteiger partial charge in [0.1, 0.15) is 0 Å². The van der Waals surface area contributed by atoms with Gasteiger partial charge in [0.15, 0.2) is 0 Å². The molecule has 1 aliphatic heterocycles. The number of carbonyl (C=O) groups excluding carboxylic acids is 1. The standard InChI is InChI=1S/C19H22N2O2/c1-23-19(22)21-14-12-20(13-15-21)18(16-8-4-2-5-9-16)17-10-6-3-7-11-17/h2-11,18H,12-15H2,1H3. The van der Waals surface area contributed by atoms with Gasteiger partial charge in [-0.25, -0.2) is 4.79 Å². The Bertz CT molecular complexity index is 583. The highest BCUT2D eigenvalue weighted by Crippen LogP contribution is 2.29. The zero-order chi connectivity index (χ0) is 16.1. The summed E-state index contributed by atoms with van der Waals surface area (Å²) in [6.07, 6.45) is -0.236. The molecule has 0 atom stereocenters. The lowest BCUT2D eigenvalue weighted by molar-refractivity contribution is 0.0812. The number of rotatable bonds is 3. The third-order valence-corrected chi connectivity index (χ3v) is 4.34. The van der Waals surface area contributed by atoms with Crippen molar-refractivity contribution in [2.45, 2.75) is 6.04 Å². The van der Waals surface area contributed by atoms with Gasteiger partial charge < -0.3 is 9.64 Å². The van der Waals surface area contributed by atoms with Crippen LogP contribution in [-0.2, 0) is 4.74 Å². The molecule has 0 aromatic heterocycles. The van der Waals surface area contributed by atoms with E-state index in [2.05, 4.69) is 53.4 Å². The Morgan fingerprint density at radius 2 is 1.35 bits per heavy atom. The SMILES string of the molecule is COC(=O)N1CCN(C(c2ccccc2)c2ccccc2)CC1. The number of amides is 1. The molecular formula is C19H22N2O2. The van der Waals surface area contributed by atoms with Crippen molar-refractivity contribution < 1.29 is 9.53 Å². The van der Waals surface area contributed by atoms with Gasteiger partial charge in [0.2, 0.25) is 0 Å². The Hall–Kier alpha value is -2.33. The van der Waals surface area contributed by atoms with Crippen LogP contribution in [0, 0.1) is 0 Å². The summed E-state index contributed by atoms with van der Waals surface area (Å²) in [6.45, 7) is 3.07. The lowest BCUT2D eigenvalue weighted by Gasteiger charge is -2.39. The Morgan fingerprint density at radius 1 is 0.870 bits per heavy atom. The fraction of sp³-hybridized carbons (Fsp3) is 0.316. The Labute approximate surface area is 137 Å². The van der Waals surface area contributed by atoms with Crippen LogP contribution < -0.4 is 0 Å². The average Bonchev–Trinajstić information content (AvgIpc) is 2.64. The maximum Gasteiger partial charge on any atom is 0.409 e. The highest BCUT2D eigenvalue weighted by molar-refractivity contribution is 5.67. The summed E-state index contributed by atoms with van der Waals surface area (Å²) in [6, 6.07) is 21.3. The molecule has 0 N–H and O–H groups in total. The monoisotopic (exact) mass is 310 g/mol. The topological polar surface area (TPSA) is 32.8 Å². The van der Waals surface area contributed by atoms with E-state index in [0.717, 1.165) is 13.1 Å². The molecule has 0 bridgehead atoms. The van der Waals surface area contributed by atoms with Crippen molar-refractivity contribution >= 4 is 6.09 Å². The zero-order valence-corrected chi connectivity index (χ0v) is 13.4. The minimum atomic E-state index is -0.236. The van der Waals surface area contributed by atoms with Crippen LogP contribution in [0.15, 0.2) is 60.7 Å². The molecule has 0 aliphatic carbocycles. The summed E-state index contributed by atoms with van der Waals surface area (Å²) in [4.78, 5) is 15.9. The molecule has 1 heterocycles. The second-order valence-corrected chi connectivity index (χ2v) is 5.72. The van der Waals surface area contributed by atoms with Crippen molar-refractivity contribution in [3.63, 3.8) is 0 Å². The first-order valence-electron chi connectivity index (χ1n) is 7.96. The van der Waals surface area contributed by atoms with Gasteiger partial charge in [-0.2, -0.15) is 0 Å². The Balaban J connectivity index is 1.82. The van der Waals surface area contributed by atoms with Crippen LogP contribution in [0.2, 0.25) is 0 Å². The summed E-state index contributed by atoms with van der Waals surface area (Å²) in [5.41, 5.74) is 2.57. The largest absolute Gasteiger partial charge is 0.453 e. The minimum Gasteiger partial charge on any atom is -0.453 e. The first-order valence-corrected chi connectivity index (χ1v) is 7.96. The summed E-state index contributed by atoms with van der Waals surface area (Å²) in [7, 11) is 1.44. The van der Waals surface area contributed by atoms with E-state index in [1.54, 1.807) is 4.90 Å². The van der Waals surface area contributed by atoms with Crippen LogP contribution in [0.25, 0.3) is 0 Å². The predicted molar refractivity (Wildman–Crippen MR) is 90.3 cm³/mol. The summed E-state index contributed by atoms with van der Waals surface area (Å²) < 4.78 is 4.82. The molecule has 2 aromatic carbocycles. The van der Waals surface area contributed by atoms with Gasteiger partial charge in [-0.3, -0.25) is 4.90 Å². The van der Waals surface area contributed by atoms with Crippen molar-refractivity contribution in [2.75, 3.05) is 33.3 Å². The van der Waals surface area contributed by atoms with Crippen LogP contribution in [0.1, 0.15) is 17.2 Å². The summed E-state index contributed by atoms with van der Waals surface area (Å²) >= 11 is 0. The molecule has 1 aliphatic rings. The van der Waals surface area contributed by atoms with E-state index in [4.69, 9.17) is 4.74 Å². The van der Waals surface area contributed by atoms with Gasteiger partial charge in [-0.05, 0) is 11.1 Å². The van der Waals surface area contributed by atoms with Crippen molar-refractivity contribution in [3.8, 4) is 0 Å². The maximum absolute atomic E-state index is 11.7. The highest BCUT2D eigenvalue weighted by Gasteiger charge is 2.28. The molecule has 0 unspecified atom stereocenters. The van der Waals surface area contributed by atoms with E-state index in [9.17, 15) is 4.79 Å². The molecule has 0 spiro atoms. The molecule has 4 heteroatoms. The fourth-order valence-electron chi connectivity index (χ4n) is 3.18. The number of benzene rings is 2. The fourth-order valence-corrected chi connectivity index (χ4v) is 3.18. The molecule has 4 nitrogen and oxygen atoms in total. The van der Waals surface area contributed by atoms with Crippen LogP contribution >= 0.6 is 0 Å². The molecule has 120 valence electrons. The molecule has 1 amide bonds. The van der Waals surface area contributed by atoms with Crippen LogP contribution in [-0.4, -0.2) is 49.2 Å². The first kappa shape index (κ1) is 15.6. The first-order chi connectivity index (χ1) is 11.3. The van der Waals surface area contributed by atoms with E-state index < -0.39 is 0 Å². The van der Waals surface area contributed by atoms with Crippen LogP contribution in [0.5, 0.6) is 0 Å². The predicted octanol–water partition coefficient (Wildman–Crippen LogP) is 3.16. The lowest BCUT2D eigenvalue weighted by atomic mass is 9.96. The van der Waals surface area contributed by atoms with Crippen LogP contribution in [0.4, 0.5) is 4.79 Å². The number of hydrogen-bond acceptors (Lipinski definition) is 3. The number of piperazine rings is 1. The van der Waals surface area contributed by atoms with Crippen molar-refractivity contribution in [1.29, 1.82) is 0 Å². The van der Waals surface area contributed by atoms with Crippen molar-refractivity contribution in [3.05, 3.63) is 71.8 Å². The second-order valence-electron chi connectivity index (χ2n) is 5.72. The summed E-state index contributed by atoms with van der Waals surface area (Å²) in [5.74, 6) is 0. The van der Waals surface area contributed by atoms with Crippen molar-refractivity contribution in [2.24, 2.45) is 0 Å². The number of carbonyl (C=O) groups is 1. The molecule has 2 aromatic rings. The Morgan fingerprint density at radius 3 is 1.78 bits per heavy atom. The molecule has 23 heavy (non-hydrogen) atoms. The molecule has 0 radical (unpaired) electrons. The molecular weight excluding hydrogens is 288 g/mol. The van der Waals surface area contributed by atoms with Gasteiger partial charge in [-0.1, -0.05) is 60.7 Å². The Kier molecular flexibility index (Phi) is 4.93. The van der Waals surface area contributed by atoms with E-state index in [1.807, 2.05) is 12.1 Å². The molecule has 0 saturated carbocycles. The van der Waals surface area contributed by atoms with E-state index in [0.29, 0.717) is 13.1 Å². The smallest absolute Gasteiger partial charge is 0.409 e. The third-order valence-electron chi connectivity index (χ3n) is 4.34. The van der Waals surface area contributed by atoms with Gasteiger partial charge in [0, 0.05) is 26.2 Å². The van der Waals surface area contributed by atoms with E-state index >= 15 is 0 Å². The highest BCUT2D eigenvalue weighted by atomic mass is 16.5. The van der Waals surface area contributed by atoms with Gasteiger partial charge >= 0.3 is 6.09 Å². The molecule has 1 saturated heterocycles. The number of hydrogen-bond donors (Lipinski definition) is 0. The lowest BCUT2D eigenvalue weighted by Crippen LogP contribution is -2.49. The third kappa shape index (κ3) is 3.54. The average molecular weight is 310 g/mol. The molecule has 3 rings (SSSR count). The number of methoxy groups -OCH3 is 1. The van der Waals surface area contributed by atoms with Crippen LogP contribution in [0.3, 0.4) is 0 Å². The summed E-state index contributed by atoms with van der Waals surface area (Å²) in [5, 5.41) is 0. The maximum atomic E-state index is 11.7. The van der Waals surface area contributed by atoms with Gasteiger partial charge in [-0.15, -0.1) is 0 Å². The zero-order valence-electron chi connectivity index (χ0n) is 13.4. The molecule has 1 fully saturated rings. The normalized spacial score (nSPS) is 15.7. The van der Waals surface area contributed by atoms with Gasteiger partial charge in [0.05, 0.1) is 13.2 Å². The second kappa shape index (κ2) is 7.29. The quantitative estimate of drug-likeness (QED) is 0.873. The minimum absolute atomic E-state index is 0.220. The van der Waals surface area contributed by atoms with Crippen molar-refractivity contribution in [1.82, 2.24) is 9.80 Å². The van der Waals surface area contributed by atoms with E-state index in [1.165, 1.54) is 18.2 Å². The van der Waals surface area contributed by atoms with E-state index in [-0.39, 0.29) is 12.1 Å². The number of ether oxygens (including phenoxy) is 1.